The molecule has 0 saturated heterocycles. The molecule has 0 aliphatic rings. The summed E-state index contributed by atoms with van der Waals surface area (Å²) >= 11 is 0. The number of para-hydroxylation sites is 1. The van der Waals surface area contributed by atoms with Gasteiger partial charge >= 0.3 is 0 Å². The van der Waals surface area contributed by atoms with E-state index in [9.17, 15) is 4.39 Å². The summed E-state index contributed by atoms with van der Waals surface area (Å²) in [5, 5.41) is 13.3. The Kier molecular flexibility index (Phi) is 3.25. The molecule has 0 amide bonds. The van der Waals surface area contributed by atoms with Gasteiger partial charge in [0.2, 0.25) is 0 Å². The van der Waals surface area contributed by atoms with Crippen LogP contribution in [0.15, 0.2) is 54.6 Å². The molecule has 3 rings (SSSR count). The smallest absolute Gasteiger partial charge is 0.133 e. The van der Waals surface area contributed by atoms with Gasteiger partial charge in [-0.15, -0.1) is 0 Å². The van der Waals surface area contributed by atoms with Gasteiger partial charge < -0.3 is 0 Å². The molecule has 2 aromatic carbocycles. The Balaban J connectivity index is 2.18. The van der Waals surface area contributed by atoms with Crippen LogP contribution in [0.2, 0.25) is 0 Å². The molecule has 0 N–H and O–H groups in total. The van der Waals surface area contributed by atoms with Gasteiger partial charge in [0, 0.05) is 5.56 Å². The maximum absolute atomic E-state index is 14.2. The Labute approximate surface area is 121 Å². The molecule has 0 aliphatic heterocycles. The topological polar surface area (TPSA) is 41.6 Å². The Morgan fingerprint density at radius 2 is 1.86 bits per heavy atom. The van der Waals surface area contributed by atoms with Crippen molar-refractivity contribution in [3.8, 4) is 23.0 Å². The first-order chi connectivity index (χ1) is 10.2. The standard InChI is InChI=1S/C17H12FN3/c1-12-9-17(15-8-7-13(11-19)10-16(15)18)21(20-12)14-5-3-2-4-6-14/h2-10H,1H3. The average molecular weight is 277 g/mol. The van der Waals surface area contributed by atoms with Gasteiger partial charge in [-0.1, -0.05) is 18.2 Å². The van der Waals surface area contributed by atoms with E-state index in [-0.39, 0.29) is 0 Å². The molecule has 0 atom stereocenters. The van der Waals surface area contributed by atoms with Gasteiger partial charge in [-0.05, 0) is 43.3 Å². The minimum absolute atomic E-state index is 0.304. The number of aromatic nitrogens is 2. The fourth-order valence-corrected chi connectivity index (χ4v) is 2.25. The first-order valence-electron chi connectivity index (χ1n) is 6.51. The van der Waals surface area contributed by atoms with Gasteiger partial charge in [0.05, 0.1) is 28.7 Å². The number of rotatable bonds is 2. The molecule has 0 aliphatic carbocycles. The normalized spacial score (nSPS) is 10.3. The van der Waals surface area contributed by atoms with E-state index in [1.165, 1.54) is 6.07 Å². The lowest BCUT2D eigenvalue weighted by atomic mass is 10.1. The zero-order chi connectivity index (χ0) is 14.8. The zero-order valence-electron chi connectivity index (χ0n) is 11.4. The average Bonchev–Trinajstić information content (AvgIpc) is 2.89. The quantitative estimate of drug-likeness (QED) is 0.713. The number of halogens is 1. The molecule has 0 fully saturated rings. The lowest BCUT2D eigenvalue weighted by molar-refractivity contribution is 0.629. The fourth-order valence-electron chi connectivity index (χ4n) is 2.25. The molecular formula is C17H12FN3. The van der Waals surface area contributed by atoms with Crippen molar-refractivity contribution in [2.24, 2.45) is 0 Å². The maximum Gasteiger partial charge on any atom is 0.133 e. The fraction of sp³-hybridized carbons (Fsp3) is 0.0588. The van der Waals surface area contributed by atoms with Crippen LogP contribution in [-0.4, -0.2) is 9.78 Å². The van der Waals surface area contributed by atoms with E-state index in [4.69, 9.17) is 5.26 Å². The third-order valence-electron chi connectivity index (χ3n) is 3.21. The van der Waals surface area contributed by atoms with Crippen molar-refractivity contribution in [2.45, 2.75) is 6.92 Å². The summed E-state index contributed by atoms with van der Waals surface area (Å²) in [5.41, 5.74) is 3.07. The molecule has 0 spiro atoms. The number of hydrogen-bond acceptors (Lipinski definition) is 2. The summed E-state index contributed by atoms with van der Waals surface area (Å²) < 4.78 is 15.9. The van der Waals surface area contributed by atoms with E-state index in [1.807, 2.05) is 49.4 Å². The van der Waals surface area contributed by atoms with Crippen molar-refractivity contribution >= 4 is 0 Å². The SMILES string of the molecule is Cc1cc(-c2ccc(C#N)cc2F)n(-c2ccccc2)n1. The predicted molar refractivity (Wildman–Crippen MR) is 78.4 cm³/mol. The largest absolute Gasteiger partial charge is 0.233 e. The summed E-state index contributed by atoms with van der Waals surface area (Å²) in [7, 11) is 0. The number of hydrogen-bond donors (Lipinski definition) is 0. The summed E-state index contributed by atoms with van der Waals surface area (Å²) in [4.78, 5) is 0. The lowest BCUT2D eigenvalue weighted by Crippen LogP contribution is -2.00. The summed E-state index contributed by atoms with van der Waals surface area (Å²) in [6.45, 7) is 1.87. The molecule has 0 saturated carbocycles. The van der Waals surface area contributed by atoms with Crippen LogP contribution in [-0.2, 0) is 0 Å². The second-order valence-electron chi connectivity index (χ2n) is 4.72. The summed E-state index contributed by atoms with van der Waals surface area (Å²) in [5.74, 6) is -0.425. The Hall–Kier alpha value is -2.93. The van der Waals surface area contributed by atoms with Crippen LogP contribution in [0.5, 0.6) is 0 Å². The van der Waals surface area contributed by atoms with E-state index in [0.29, 0.717) is 16.8 Å². The van der Waals surface area contributed by atoms with Gasteiger partial charge in [0.1, 0.15) is 5.82 Å². The van der Waals surface area contributed by atoms with Gasteiger partial charge in [-0.3, -0.25) is 0 Å². The van der Waals surface area contributed by atoms with E-state index < -0.39 is 5.82 Å². The van der Waals surface area contributed by atoms with Gasteiger partial charge in [-0.2, -0.15) is 10.4 Å². The van der Waals surface area contributed by atoms with Crippen LogP contribution in [0.3, 0.4) is 0 Å². The summed E-state index contributed by atoms with van der Waals surface area (Å²) in [6, 6.07) is 17.8. The second-order valence-corrected chi connectivity index (χ2v) is 4.72. The zero-order valence-corrected chi connectivity index (χ0v) is 11.4. The first-order valence-corrected chi connectivity index (χ1v) is 6.51. The minimum atomic E-state index is -0.425. The monoisotopic (exact) mass is 277 g/mol. The highest BCUT2D eigenvalue weighted by atomic mass is 19.1. The van der Waals surface area contributed by atoms with Crippen molar-refractivity contribution in [3.63, 3.8) is 0 Å². The molecule has 3 aromatic rings. The van der Waals surface area contributed by atoms with Crippen molar-refractivity contribution in [1.29, 1.82) is 5.26 Å². The molecule has 4 heteroatoms. The van der Waals surface area contributed by atoms with Crippen LogP contribution < -0.4 is 0 Å². The molecule has 0 bridgehead atoms. The second kappa shape index (κ2) is 5.22. The van der Waals surface area contributed by atoms with Crippen molar-refractivity contribution in [3.05, 3.63) is 71.7 Å². The Bertz CT molecular complexity index is 829. The van der Waals surface area contributed by atoms with E-state index in [1.54, 1.807) is 16.8 Å². The Morgan fingerprint density at radius 1 is 1.10 bits per heavy atom. The highest BCUT2D eigenvalue weighted by Gasteiger charge is 2.14. The van der Waals surface area contributed by atoms with Crippen LogP contribution in [0.4, 0.5) is 4.39 Å². The van der Waals surface area contributed by atoms with Crippen LogP contribution in [0.1, 0.15) is 11.3 Å². The molecular weight excluding hydrogens is 265 g/mol. The number of benzene rings is 2. The van der Waals surface area contributed by atoms with Gasteiger partial charge in [0.25, 0.3) is 0 Å². The van der Waals surface area contributed by atoms with Gasteiger partial charge in [0.15, 0.2) is 0 Å². The van der Waals surface area contributed by atoms with Gasteiger partial charge in [-0.25, -0.2) is 9.07 Å². The third-order valence-corrected chi connectivity index (χ3v) is 3.21. The molecule has 3 nitrogen and oxygen atoms in total. The first kappa shape index (κ1) is 13.1. The van der Waals surface area contributed by atoms with Crippen molar-refractivity contribution in [1.82, 2.24) is 9.78 Å². The highest BCUT2D eigenvalue weighted by Crippen LogP contribution is 2.26. The lowest BCUT2D eigenvalue weighted by Gasteiger charge is -2.08. The third kappa shape index (κ3) is 2.41. The molecule has 0 radical (unpaired) electrons. The van der Waals surface area contributed by atoms with E-state index in [2.05, 4.69) is 5.10 Å². The Morgan fingerprint density at radius 3 is 2.52 bits per heavy atom. The minimum Gasteiger partial charge on any atom is -0.233 e. The number of nitrogens with zero attached hydrogens (tertiary/aromatic N) is 3. The molecule has 1 aromatic heterocycles. The summed E-state index contributed by atoms with van der Waals surface area (Å²) in [6.07, 6.45) is 0. The van der Waals surface area contributed by atoms with Crippen molar-refractivity contribution in [2.75, 3.05) is 0 Å². The predicted octanol–water partition coefficient (Wildman–Crippen LogP) is 3.86. The van der Waals surface area contributed by atoms with Crippen LogP contribution >= 0.6 is 0 Å². The highest BCUT2D eigenvalue weighted by molar-refractivity contribution is 5.64. The van der Waals surface area contributed by atoms with Crippen LogP contribution in [0.25, 0.3) is 16.9 Å². The molecule has 21 heavy (non-hydrogen) atoms. The van der Waals surface area contributed by atoms with Crippen LogP contribution in [0, 0.1) is 24.1 Å². The van der Waals surface area contributed by atoms with E-state index in [0.717, 1.165) is 11.4 Å². The molecule has 1 heterocycles. The van der Waals surface area contributed by atoms with Crippen molar-refractivity contribution < 1.29 is 4.39 Å². The number of aryl methyl sites for hydroxylation is 1. The molecule has 0 unspecified atom stereocenters. The maximum atomic E-state index is 14.2. The van der Waals surface area contributed by atoms with E-state index >= 15 is 0 Å². The molecule has 102 valence electrons. The number of nitriles is 1.